The van der Waals surface area contributed by atoms with Gasteiger partial charge in [0.2, 0.25) is 0 Å². The monoisotopic (exact) mass is 1030 g/mol. The average Bonchev–Trinajstić information content (AvgIpc) is 4.10. The number of fused-ring (bicyclic) bond motifs is 13. The van der Waals surface area contributed by atoms with E-state index in [-0.39, 0.29) is 60.3 Å². The summed E-state index contributed by atoms with van der Waals surface area (Å²) in [5, 5.41) is 40.5. The molecule has 75 heavy (non-hydrogen) atoms. The number of ether oxygens (including phenoxy) is 1. The fourth-order valence-electron chi connectivity index (χ4n) is 14.5. The highest BCUT2D eigenvalue weighted by Gasteiger charge is 2.62. The van der Waals surface area contributed by atoms with Crippen molar-refractivity contribution in [2.45, 2.75) is 184 Å². The highest BCUT2D eigenvalue weighted by atomic mass is 16.5. The number of esters is 1. The van der Waals surface area contributed by atoms with E-state index >= 15 is 0 Å². The predicted octanol–water partition coefficient (Wildman–Crippen LogP) is 11.9. The van der Waals surface area contributed by atoms with Gasteiger partial charge in [0.15, 0.2) is 5.78 Å². The number of carboxylic acids is 2. The van der Waals surface area contributed by atoms with E-state index in [0.29, 0.717) is 75.8 Å². The van der Waals surface area contributed by atoms with Gasteiger partial charge >= 0.3 is 17.9 Å². The largest absolute Gasteiger partial charge is 0.481 e. The van der Waals surface area contributed by atoms with Crippen LogP contribution in [0.25, 0.3) is 44.4 Å². The molecule has 6 N–H and O–H groups in total. The van der Waals surface area contributed by atoms with Gasteiger partial charge in [-0.05, 0) is 193 Å². The van der Waals surface area contributed by atoms with Crippen LogP contribution in [0, 0.1) is 48.3 Å². The number of aromatic nitrogens is 4. The van der Waals surface area contributed by atoms with Gasteiger partial charge in [0.25, 0.3) is 0 Å². The molecular weight excluding hydrogens is 949 g/mol. The van der Waals surface area contributed by atoms with Gasteiger partial charge in [0.1, 0.15) is 11.9 Å². The number of Topliss-reactive ketones (excluding diaryl/α,β-unsaturated/α-hetero) is 1. The number of nitrogens with one attached hydrogen (secondary N) is 2. The van der Waals surface area contributed by atoms with Crippen LogP contribution in [-0.4, -0.2) is 82.0 Å². The van der Waals surface area contributed by atoms with E-state index in [1.165, 1.54) is 5.57 Å². The molecule has 5 heterocycles. The lowest BCUT2D eigenvalue weighted by molar-refractivity contribution is -0.166. The number of unbranched alkanes of at least 4 members (excludes halogenated alkanes) is 2. The minimum Gasteiger partial charge on any atom is -0.481 e. The number of aliphatic hydroxyl groups is 2. The standard InChI is InChI=1S/C34H38N4O6.C27H40O4/c1-15-21(7-9-31(41)42)27-14-28-22(8-10-32(43)44)16(2)24(36-28)12-29-34(20(6)40)18(4)26(38-29)13-30-33(19(5)39)17(3)25(37-30)11-23(15)35-27;1-5-6-7-8-25(30)31-24-16-19(29)15-18-9-10-20-22-12-11-21(17(2)28)26(22,3)14-13-23(20)27(18,24)4/h11-14,19-20,36-37,39-40H,7-10H2,1-6H3,(H,41,42)(H,43,44);15,20-24H,5-14,16H2,1-4H3/t;20-,21+,22-,23-,24?,26+,27-/m.0/s1. The fraction of sp³-hybridized carbons (Fsp3) is 0.557. The van der Waals surface area contributed by atoms with Gasteiger partial charge in [-0.1, -0.05) is 39.2 Å². The number of allylic oxidation sites excluding steroid dienone is 3. The Morgan fingerprint density at radius 2 is 1.37 bits per heavy atom. The number of nitrogens with zero attached hydrogens (tertiary/aromatic N) is 2. The molecule has 4 aliphatic carbocycles. The van der Waals surface area contributed by atoms with E-state index in [0.717, 1.165) is 108 Å². The third-order valence-electron chi connectivity index (χ3n) is 18.4. The van der Waals surface area contributed by atoms with Crippen LogP contribution in [0.2, 0.25) is 0 Å². The van der Waals surface area contributed by atoms with E-state index in [1.54, 1.807) is 20.8 Å². The SMILES string of the molecule is CC1=C(CCC(=O)O)c2cc3[nH]c(cc4nc(cc5[nH]c(cc1n2)c(C)c5C(C)O)C(C)=C4C(C)O)c(C)c3CCC(=O)O.CCCCCC(=O)OC1CC(=O)C=C2CC[C@H]3[C@@H]4CC[C@H](C(C)=O)[C@@]4(C)CC[C@@H]3[C@]21C. The summed E-state index contributed by atoms with van der Waals surface area (Å²) in [6, 6.07) is 7.51. The Hall–Kier alpha value is -5.99. The summed E-state index contributed by atoms with van der Waals surface area (Å²) in [4.78, 5) is 77.4. The number of carbonyl (C=O) groups excluding carboxylic acids is 3. The van der Waals surface area contributed by atoms with Crippen molar-refractivity contribution >= 4 is 73.8 Å². The number of H-pyrrole nitrogens is 2. The molecule has 3 aromatic heterocycles. The number of carboxylic acid groups (broad SMARTS) is 2. The van der Waals surface area contributed by atoms with Crippen molar-refractivity contribution in [3.05, 3.63) is 80.9 Å². The molecule has 14 nitrogen and oxygen atoms in total. The Kier molecular flexibility index (Phi) is 16.2. The first kappa shape index (κ1) is 55.2. The van der Waals surface area contributed by atoms with Crippen molar-refractivity contribution in [2.75, 3.05) is 0 Å². The third-order valence-corrected chi connectivity index (χ3v) is 18.4. The summed E-state index contributed by atoms with van der Waals surface area (Å²) in [5.41, 5.74) is 12.8. The van der Waals surface area contributed by atoms with Crippen molar-refractivity contribution in [3.8, 4) is 0 Å². The number of hydrogen-bond donors (Lipinski definition) is 6. The lowest BCUT2D eigenvalue weighted by Gasteiger charge is -2.59. The summed E-state index contributed by atoms with van der Waals surface area (Å²) >= 11 is 0. The lowest BCUT2D eigenvalue weighted by Crippen LogP contribution is -2.56. The molecule has 0 aromatic carbocycles. The number of aryl methyl sites for hydroxylation is 3. The van der Waals surface area contributed by atoms with Crippen LogP contribution in [-0.2, 0) is 35.1 Å². The van der Waals surface area contributed by atoms with E-state index in [4.69, 9.17) is 14.7 Å². The first-order valence-corrected chi connectivity index (χ1v) is 27.4. The Bertz CT molecular complexity index is 3080. The van der Waals surface area contributed by atoms with Crippen molar-refractivity contribution in [2.24, 2.45) is 34.5 Å². The smallest absolute Gasteiger partial charge is 0.306 e. The quantitative estimate of drug-likeness (QED) is 0.0654. The molecule has 2 aliphatic heterocycles. The molecule has 0 saturated heterocycles. The zero-order valence-corrected chi connectivity index (χ0v) is 45.7. The first-order chi connectivity index (χ1) is 35.5. The van der Waals surface area contributed by atoms with Crippen LogP contribution >= 0.6 is 0 Å². The maximum absolute atomic E-state index is 12.6. The Labute approximate surface area is 440 Å². The van der Waals surface area contributed by atoms with E-state index < -0.39 is 24.1 Å². The number of aromatic amines is 2. The molecule has 0 radical (unpaired) electrons. The minimum atomic E-state index is -0.914. The van der Waals surface area contributed by atoms with Gasteiger partial charge in [-0.15, -0.1) is 0 Å². The second-order valence-corrected chi connectivity index (χ2v) is 22.9. The summed E-state index contributed by atoms with van der Waals surface area (Å²) in [6.45, 7) is 19.6. The zero-order valence-electron chi connectivity index (χ0n) is 45.7. The van der Waals surface area contributed by atoms with Gasteiger partial charge in [-0.25, -0.2) is 9.97 Å². The number of aliphatic hydroxyl groups excluding tert-OH is 2. The van der Waals surface area contributed by atoms with Gasteiger partial charge in [-0.2, -0.15) is 0 Å². The molecule has 9 rings (SSSR count). The van der Waals surface area contributed by atoms with Gasteiger partial charge < -0.3 is 35.1 Å². The van der Waals surface area contributed by atoms with Crippen molar-refractivity contribution < 1.29 is 49.1 Å². The molecule has 8 bridgehead atoms. The van der Waals surface area contributed by atoms with Crippen LogP contribution < -0.4 is 0 Å². The van der Waals surface area contributed by atoms with E-state index in [9.17, 15) is 44.4 Å². The van der Waals surface area contributed by atoms with E-state index in [1.807, 2.05) is 58.0 Å². The molecule has 0 amide bonds. The highest BCUT2D eigenvalue weighted by molar-refractivity contribution is 5.96. The van der Waals surface area contributed by atoms with Crippen molar-refractivity contribution in [1.82, 2.24) is 19.9 Å². The maximum atomic E-state index is 12.6. The fourth-order valence-corrected chi connectivity index (χ4v) is 14.5. The second-order valence-electron chi connectivity index (χ2n) is 22.9. The van der Waals surface area contributed by atoms with Crippen LogP contribution in [0.15, 0.2) is 35.9 Å². The van der Waals surface area contributed by atoms with Crippen LogP contribution in [0.1, 0.15) is 196 Å². The predicted molar refractivity (Wildman–Crippen MR) is 291 cm³/mol. The molecule has 402 valence electrons. The summed E-state index contributed by atoms with van der Waals surface area (Å²) in [7, 11) is 0. The topological polar surface area (TPSA) is 233 Å². The van der Waals surface area contributed by atoms with Crippen molar-refractivity contribution in [1.29, 1.82) is 0 Å². The lowest BCUT2D eigenvalue weighted by atomic mass is 9.46. The minimum absolute atomic E-state index is 0.0665. The Balaban J connectivity index is 0.000000211. The van der Waals surface area contributed by atoms with Gasteiger partial charge in [0, 0.05) is 70.2 Å². The van der Waals surface area contributed by atoms with E-state index in [2.05, 4.69) is 30.7 Å². The van der Waals surface area contributed by atoms with Crippen molar-refractivity contribution in [3.63, 3.8) is 0 Å². The molecule has 14 heteroatoms. The number of ketones is 2. The van der Waals surface area contributed by atoms with Crippen LogP contribution in [0.4, 0.5) is 0 Å². The van der Waals surface area contributed by atoms with Crippen LogP contribution in [0.5, 0.6) is 0 Å². The summed E-state index contributed by atoms with van der Waals surface area (Å²) < 4.78 is 6.07. The number of hydrogen-bond acceptors (Lipinski definition) is 10. The number of rotatable bonds is 14. The van der Waals surface area contributed by atoms with Gasteiger partial charge in [0.05, 0.1) is 35.0 Å². The number of carbonyl (C=O) groups is 5. The van der Waals surface area contributed by atoms with Crippen LogP contribution in [0.3, 0.4) is 0 Å². The second kappa shape index (κ2) is 21.9. The molecule has 3 unspecified atom stereocenters. The molecule has 3 fully saturated rings. The third kappa shape index (κ3) is 10.6. The molecular formula is C61H78N4O10. The Morgan fingerprint density at radius 1 is 0.747 bits per heavy atom. The molecule has 0 spiro atoms. The summed E-state index contributed by atoms with van der Waals surface area (Å²) in [6.07, 6.45) is 10.4. The molecule has 3 aromatic rings. The average molecular weight is 1030 g/mol. The molecule has 3 saturated carbocycles. The highest BCUT2D eigenvalue weighted by Crippen LogP contribution is 2.67. The summed E-state index contributed by atoms with van der Waals surface area (Å²) in [5.74, 6) is 0.238. The molecule has 9 atom stereocenters. The molecule has 6 aliphatic rings. The van der Waals surface area contributed by atoms with Gasteiger partial charge in [-0.3, -0.25) is 24.0 Å². The normalized spacial score (nSPS) is 25.8. The maximum Gasteiger partial charge on any atom is 0.306 e. The Morgan fingerprint density at radius 3 is 2.04 bits per heavy atom. The zero-order chi connectivity index (χ0) is 54.4. The first-order valence-electron chi connectivity index (χ1n) is 27.4. The number of aliphatic carboxylic acids is 2.